The standard InChI is InChI=1S/C23H40/c1-4-5-8-17-11-13-20-19-12-10-18-9-6-7-15-22(18,2)21(19)14-16-23(17,20)3/h17-21H,4-16H2,1-3H3/t17?,18?,19?,20?,21?,22-,23?/m0/s1. The van der Waals surface area contributed by atoms with Crippen LogP contribution < -0.4 is 0 Å². The molecule has 4 aliphatic carbocycles. The molecule has 4 rings (SSSR count). The van der Waals surface area contributed by atoms with Crippen LogP contribution in [0, 0.1) is 40.4 Å². The van der Waals surface area contributed by atoms with E-state index in [1.54, 1.807) is 51.4 Å². The van der Waals surface area contributed by atoms with Gasteiger partial charge in [0, 0.05) is 0 Å². The first kappa shape index (κ1) is 16.5. The van der Waals surface area contributed by atoms with Gasteiger partial charge in [0.05, 0.1) is 0 Å². The molecule has 0 radical (unpaired) electrons. The summed E-state index contributed by atoms with van der Waals surface area (Å²) in [5.74, 6) is 5.41. The molecule has 0 aliphatic heterocycles. The van der Waals surface area contributed by atoms with E-state index in [1.165, 1.54) is 32.1 Å². The molecular weight excluding hydrogens is 276 g/mol. The zero-order valence-electron chi connectivity index (χ0n) is 16.1. The van der Waals surface area contributed by atoms with Crippen LogP contribution in [0.25, 0.3) is 0 Å². The molecule has 7 atom stereocenters. The van der Waals surface area contributed by atoms with Crippen LogP contribution in [0.15, 0.2) is 0 Å². The fraction of sp³-hybridized carbons (Fsp3) is 1.00. The van der Waals surface area contributed by atoms with Gasteiger partial charge in [0.2, 0.25) is 0 Å². The summed E-state index contributed by atoms with van der Waals surface area (Å²) < 4.78 is 0. The maximum absolute atomic E-state index is 2.72. The lowest BCUT2D eigenvalue weighted by Gasteiger charge is -2.60. The second-order valence-electron chi connectivity index (χ2n) is 10.4. The van der Waals surface area contributed by atoms with E-state index in [9.17, 15) is 0 Å². The van der Waals surface area contributed by atoms with Gasteiger partial charge in [-0.15, -0.1) is 0 Å². The van der Waals surface area contributed by atoms with Gasteiger partial charge in [0.1, 0.15) is 0 Å². The molecule has 0 heteroatoms. The molecule has 0 spiro atoms. The zero-order valence-corrected chi connectivity index (χ0v) is 16.1. The molecule has 4 fully saturated rings. The highest BCUT2D eigenvalue weighted by molar-refractivity contribution is 5.08. The molecule has 0 aromatic heterocycles. The van der Waals surface area contributed by atoms with E-state index in [0.29, 0.717) is 5.41 Å². The van der Waals surface area contributed by atoms with Crippen molar-refractivity contribution in [2.75, 3.05) is 0 Å². The van der Waals surface area contributed by atoms with Gasteiger partial charge in [0.25, 0.3) is 0 Å². The second kappa shape index (κ2) is 6.06. The van der Waals surface area contributed by atoms with E-state index in [2.05, 4.69) is 20.8 Å². The predicted octanol–water partition coefficient (Wildman–Crippen LogP) is 7.23. The zero-order chi connectivity index (χ0) is 16.1. The fourth-order valence-electron chi connectivity index (χ4n) is 8.33. The fourth-order valence-corrected chi connectivity index (χ4v) is 8.33. The molecule has 0 heterocycles. The predicted molar refractivity (Wildman–Crippen MR) is 99.4 cm³/mol. The van der Waals surface area contributed by atoms with Crippen molar-refractivity contribution in [2.24, 2.45) is 40.4 Å². The molecule has 0 bridgehead atoms. The van der Waals surface area contributed by atoms with Crippen LogP contribution in [0.3, 0.4) is 0 Å². The Bertz CT molecular complexity index is 426. The molecule has 23 heavy (non-hydrogen) atoms. The van der Waals surface area contributed by atoms with E-state index in [4.69, 9.17) is 0 Å². The molecule has 0 N–H and O–H groups in total. The summed E-state index contributed by atoms with van der Waals surface area (Å²) in [4.78, 5) is 0. The van der Waals surface area contributed by atoms with Crippen molar-refractivity contribution in [1.82, 2.24) is 0 Å². The maximum atomic E-state index is 2.72. The van der Waals surface area contributed by atoms with Crippen LogP contribution in [0.5, 0.6) is 0 Å². The molecule has 6 unspecified atom stereocenters. The van der Waals surface area contributed by atoms with Crippen LogP contribution in [0.1, 0.15) is 104 Å². The molecule has 132 valence electrons. The second-order valence-corrected chi connectivity index (χ2v) is 10.4. The number of unbranched alkanes of at least 4 members (excludes halogenated alkanes) is 1. The Morgan fingerprint density at radius 2 is 1.61 bits per heavy atom. The minimum absolute atomic E-state index is 0.716. The summed E-state index contributed by atoms with van der Waals surface area (Å²) in [6.07, 6.45) is 20.0. The number of fused-ring (bicyclic) bond motifs is 5. The molecule has 4 saturated carbocycles. The van der Waals surface area contributed by atoms with Crippen LogP contribution in [-0.4, -0.2) is 0 Å². The Hall–Kier alpha value is 0. The summed E-state index contributed by atoms with van der Waals surface area (Å²) in [7, 11) is 0. The summed E-state index contributed by atoms with van der Waals surface area (Å²) >= 11 is 0. The van der Waals surface area contributed by atoms with E-state index in [-0.39, 0.29) is 0 Å². The smallest absolute Gasteiger partial charge is 0.0266 e. The number of hydrogen-bond donors (Lipinski definition) is 0. The van der Waals surface area contributed by atoms with Gasteiger partial charge < -0.3 is 0 Å². The third kappa shape index (κ3) is 2.44. The minimum atomic E-state index is 0.716. The molecule has 4 aliphatic rings. The van der Waals surface area contributed by atoms with Crippen molar-refractivity contribution in [1.29, 1.82) is 0 Å². The van der Waals surface area contributed by atoms with Gasteiger partial charge >= 0.3 is 0 Å². The van der Waals surface area contributed by atoms with Crippen LogP contribution >= 0.6 is 0 Å². The van der Waals surface area contributed by atoms with E-state index < -0.39 is 0 Å². The highest BCUT2D eigenvalue weighted by Gasteiger charge is 2.59. The molecule has 0 aromatic carbocycles. The minimum Gasteiger partial charge on any atom is -0.0654 e. The van der Waals surface area contributed by atoms with Crippen molar-refractivity contribution < 1.29 is 0 Å². The number of rotatable bonds is 3. The highest BCUT2D eigenvalue weighted by Crippen LogP contribution is 2.67. The van der Waals surface area contributed by atoms with Gasteiger partial charge in [-0.1, -0.05) is 46.5 Å². The lowest BCUT2D eigenvalue weighted by atomic mass is 9.45. The lowest BCUT2D eigenvalue weighted by Crippen LogP contribution is -2.52. The quantitative estimate of drug-likeness (QED) is 0.515. The first-order valence-corrected chi connectivity index (χ1v) is 11.1. The van der Waals surface area contributed by atoms with Crippen LogP contribution in [0.2, 0.25) is 0 Å². The van der Waals surface area contributed by atoms with Crippen molar-refractivity contribution in [3.8, 4) is 0 Å². The van der Waals surface area contributed by atoms with Gasteiger partial charge in [0.15, 0.2) is 0 Å². The van der Waals surface area contributed by atoms with Gasteiger partial charge in [-0.25, -0.2) is 0 Å². The normalized spacial score (nSPS) is 52.6. The average Bonchev–Trinajstić information content (AvgIpc) is 2.89. The number of hydrogen-bond acceptors (Lipinski definition) is 0. The van der Waals surface area contributed by atoms with Gasteiger partial charge in [-0.3, -0.25) is 0 Å². The SMILES string of the molecule is CCCCC1CCC2C3CCC4CCCC[C@]4(C)C3CCC12C. The topological polar surface area (TPSA) is 0 Å². The van der Waals surface area contributed by atoms with Gasteiger partial charge in [-0.2, -0.15) is 0 Å². The summed E-state index contributed by atoms with van der Waals surface area (Å²) in [6, 6.07) is 0. The summed E-state index contributed by atoms with van der Waals surface area (Å²) in [6.45, 7) is 7.81. The van der Waals surface area contributed by atoms with Crippen molar-refractivity contribution >= 4 is 0 Å². The first-order chi connectivity index (χ1) is 11.1. The average molecular weight is 317 g/mol. The summed E-state index contributed by atoms with van der Waals surface area (Å²) in [5, 5.41) is 0. The van der Waals surface area contributed by atoms with Crippen molar-refractivity contribution in [3.63, 3.8) is 0 Å². The maximum Gasteiger partial charge on any atom is -0.0266 e. The Morgan fingerprint density at radius 1 is 0.783 bits per heavy atom. The molecular formula is C23H40. The monoisotopic (exact) mass is 316 g/mol. The van der Waals surface area contributed by atoms with E-state index >= 15 is 0 Å². The molecule has 0 aromatic rings. The third-order valence-electron chi connectivity index (χ3n) is 9.69. The Balaban J connectivity index is 1.55. The van der Waals surface area contributed by atoms with E-state index in [0.717, 1.165) is 35.0 Å². The Kier molecular flexibility index (Phi) is 4.34. The van der Waals surface area contributed by atoms with Gasteiger partial charge in [-0.05, 0) is 98.2 Å². The third-order valence-corrected chi connectivity index (χ3v) is 9.69. The molecule has 0 saturated heterocycles. The largest absolute Gasteiger partial charge is 0.0654 e. The first-order valence-electron chi connectivity index (χ1n) is 11.1. The highest BCUT2D eigenvalue weighted by atomic mass is 14.6. The lowest BCUT2D eigenvalue weighted by molar-refractivity contribution is -0.111. The van der Waals surface area contributed by atoms with E-state index in [1.807, 2.05) is 0 Å². The Labute approximate surface area is 145 Å². The van der Waals surface area contributed by atoms with Crippen molar-refractivity contribution in [3.05, 3.63) is 0 Å². The van der Waals surface area contributed by atoms with Crippen molar-refractivity contribution in [2.45, 2.75) is 104 Å². The Morgan fingerprint density at radius 3 is 2.43 bits per heavy atom. The summed E-state index contributed by atoms with van der Waals surface area (Å²) in [5.41, 5.74) is 1.44. The molecule has 0 amide bonds. The molecule has 0 nitrogen and oxygen atoms in total. The van der Waals surface area contributed by atoms with Crippen LogP contribution in [0.4, 0.5) is 0 Å². The van der Waals surface area contributed by atoms with Crippen LogP contribution in [-0.2, 0) is 0 Å².